The number of benzene rings is 1. The molecule has 54 valence electrons. The molecule has 1 aromatic carbocycles. The van der Waals surface area contributed by atoms with Crippen LogP contribution in [0.1, 0.15) is 0 Å². The van der Waals surface area contributed by atoms with Crippen molar-refractivity contribution < 1.29 is 5.11 Å². The zero-order chi connectivity index (χ0) is 7.68. The predicted molar refractivity (Wildman–Crippen MR) is 39.0 cm³/mol. The fourth-order valence-electron chi connectivity index (χ4n) is 0.980. The van der Waals surface area contributed by atoms with Crippen molar-refractivity contribution >= 4 is 10.9 Å². The number of hydrogen-bond acceptors (Lipinski definition) is 3. The lowest BCUT2D eigenvalue weighted by atomic mass is 10.2. The van der Waals surface area contributed by atoms with Crippen molar-refractivity contribution in [3.05, 3.63) is 30.6 Å². The zero-order valence-electron chi connectivity index (χ0n) is 5.69. The highest BCUT2D eigenvalue weighted by atomic mass is 16.3. The van der Waals surface area contributed by atoms with Crippen LogP contribution in [-0.2, 0) is 0 Å². The molecule has 3 heteroatoms. The van der Waals surface area contributed by atoms with Gasteiger partial charge in [-0.3, -0.25) is 4.98 Å². The number of hydrogen-bond donors (Lipinski definition) is 0. The Morgan fingerprint density at radius 1 is 1.09 bits per heavy atom. The molecule has 0 saturated carbocycles. The first-order valence-electron chi connectivity index (χ1n) is 3.25. The molecular weight excluding hydrogens is 140 g/mol. The molecule has 0 unspecified atom stereocenters. The first-order valence-corrected chi connectivity index (χ1v) is 3.25. The van der Waals surface area contributed by atoms with Crippen molar-refractivity contribution in [1.82, 2.24) is 9.97 Å². The first kappa shape index (κ1) is 6.09. The summed E-state index contributed by atoms with van der Waals surface area (Å²) in [5.74, 6) is -0.212. The molecule has 0 aliphatic heterocycles. The molecule has 0 aliphatic carbocycles. The molecule has 0 aliphatic rings. The van der Waals surface area contributed by atoms with Crippen LogP contribution in [0.25, 0.3) is 10.9 Å². The van der Waals surface area contributed by atoms with E-state index in [1.54, 1.807) is 18.2 Å². The summed E-state index contributed by atoms with van der Waals surface area (Å²) in [4.78, 5) is 7.47. The minimum Gasteiger partial charge on any atom is -0.858 e. The Kier molecular flexibility index (Phi) is 1.22. The number of rotatable bonds is 0. The van der Waals surface area contributed by atoms with E-state index in [-0.39, 0.29) is 5.88 Å². The summed E-state index contributed by atoms with van der Waals surface area (Å²) in [5, 5.41) is 11.6. The van der Waals surface area contributed by atoms with Crippen LogP contribution in [0.2, 0.25) is 0 Å². The lowest BCUT2D eigenvalue weighted by Crippen LogP contribution is -1.95. The van der Waals surface area contributed by atoms with Gasteiger partial charge in [-0.15, -0.1) is 0 Å². The maximum atomic E-state index is 11.0. The van der Waals surface area contributed by atoms with Crippen LogP contribution in [-0.4, -0.2) is 9.97 Å². The third kappa shape index (κ3) is 0.902. The Morgan fingerprint density at radius 3 is 2.73 bits per heavy atom. The van der Waals surface area contributed by atoms with E-state index in [0.29, 0.717) is 10.9 Å². The molecule has 1 heterocycles. The second kappa shape index (κ2) is 2.20. The number of para-hydroxylation sites is 1. The lowest BCUT2D eigenvalue weighted by Gasteiger charge is -2.05. The van der Waals surface area contributed by atoms with Gasteiger partial charge < -0.3 is 5.11 Å². The standard InChI is InChI=1S/C8H6N2O/c11-8-6-3-1-2-4-7(6)9-5-10-8/h1-5H,(H,9,10,11)/p-1. The topological polar surface area (TPSA) is 48.8 Å². The van der Waals surface area contributed by atoms with Gasteiger partial charge in [-0.05, 0) is 11.9 Å². The van der Waals surface area contributed by atoms with Crippen molar-refractivity contribution in [2.24, 2.45) is 0 Å². The van der Waals surface area contributed by atoms with Crippen LogP contribution < -0.4 is 5.11 Å². The van der Waals surface area contributed by atoms with Crippen LogP contribution in [0.15, 0.2) is 30.6 Å². The van der Waals surface area contributed by atoms with E-state index in [1.807, 2.05) is 6.07 Å². The Bertz CT molecular complexity index is 381. The second-order valence-electron chi connectivity index (χ2n) is 2.20. The van der Waals surface area contributed by atoms with Crippen molar-refractivity contribution in [3.8, 4) is 5.88 Å². The monoisotopic (exact) mass is 145 g/mol. The molecule has 0 fully saturated rings. The van der Waals surface area contributed by atoms with Gasteiger partial charge in [0.1, 0.15) is 6.33 Å². The highest BCUT2D eigenvalue weighted by molar-refractivity contribution is 5.82. The van der Waals surface area contributed by atoms with Gasteiger partial charge in [0.25, 0.3) is 0 Å². The predicted octanol–water partition coefficient (Wildman–Crippen LogP) is 0.703. The Morgan fingerprint density at radius 2 is 1.91 bits per heavy atom. The highest BCUT2D eigenvalue weighted by Gasteiger charge is 1.91. The summed E-state index contributed by atoms with van der Waals surface area (Å²) >= 11 is 0. The third-order valence-corrected chi connectivity index (χ3v) is 1.51. The summed E-state index contributed by atoms with van der Waals surface area (Å²) in [5.41, 5.74) is 0.701. The van der Waals surface area contributed by atoms with E-state index in [2.05, 4.69) is 9.97 Å². The molecule has 0 bridgehead atoms. The third-order valence-electron chi connectivity index (χ3n) is 1.51. The summed E-state index contributed by atoms with van der Waals surface area (Å²) in [6, 6.07) is 7.15. The molecule has 0 N–H and O–H groups in total. The van der Waals surface area contributed by atoms with Gasteiger partial charge in [-0.2, -0.15) is 0 Å². The van der Waals surface area contributed by atoms with Crippen LogP contribution in [0.5, 0.6) is 5.88 Å². The van der Waals surface area contributed by atoms with E-state index < -0.39 is 0 Å². The van der Waals surface area contributed by atoms with Gasteiger partial charge in [0.05, 0.1) is 5.52 Å². The number of fused-ring (bicyclic) bond motifs is 1. The van der Waals surface area contributed by atoms with Gasteiger partial charge in [0.2, 0.25) is 0 Å². The van der Waals surface area contributed by atoms with Crippen molar-refractivity contribution in [1.29, 1.82) is 0 Å². The summed E-state index contributed by atoms with van der Waals surface area (Å²) in [6.07, 6.45) is 1.28. The van der Waals surface area contributed by atoms with E-state index in [4.69, 9.17) is 0 Å². The average molecular weight is 145 g/mol. The molecule has 0 radical (unpaired) electrons. The van der Waals surface area contributed by atoms with Crippen LogP contribution >= 0.6 is 0 Å². The molecule has 1 aromatic heterocycles. The fraction of sp³-hybridized carbons (Fsp3) is 0. The Hall–Kier alpha value is -1.64. The Labute approximate surface area is 63.3 Å². The second-order valence-corrected chi connectivity index (χ2v) is 2.20. The first-order chi connectivity index (χ1) is 5.38. The summed E-state index contributed by atoms with van der Waals surface area (Å²) in [7, 11) is 0. The number of aromatic nitrogens is 2. The smallest absolute Gasteiger partial charge is 0.115 e. The molecule has 0 spiro atoms. The maximum absolute atomic E-state index is 11.0. The molecular formula is C8H5N2O-. The quantitative estimate of drug-likeness (QED) is 0.548. The zero-order valence-corrected chi connectivity index (χ0v) is 5.69. The minimum absolute atomic E-state index is 0.212. The van der Waals surface area contributed by atoms with Gasteiger partial charge in [-0.25, -0.2) is 4.98 Å². The largest absolute Gasteiger partial charge is 0.858 e. The molecule has 3 nitrogen and oxygen atoms in total. The molecule has 2 aromatic rings. The van der Waals surface area contributed by atoms with Gasteiger partial charge in [0, 0.05) is 5.39 Å². The molecule has 0 amide bonds. The highest BCUT2D eigenvalue weighted by Crippen LogP contribution is 2.15. The van der Waals surface area contributed by atoms with Gasteiger partial charge >= 0.3 is 0 Å². The van der Waals surface area contributed by atoms with Crippen molar-refractivity contribution in [2.45, 2.75) is 0 Å². The summed E-state index contributed by atoms with van der Waals surface area (Å²) in [6.45, 7) is 0. The molecule has 0 atom stereocenters. The van der Waals surface area contributed by atoms with Gasteiger partial charge in [0.15, 0.2) is 0 Å². The normalized spacial score (nSPS) is 10.2. The molecule has 2 rings (SSSR count). The Balaban J connectivity index is 2.91. The van der Waals surface area contributed by atoms with Gasteiger partial charge in [-0.1, -0.05) is 18.2 Å². The number of nitrogens with zero attached hydrogens (tertiary/aromatic N) is 2. The fourth-order valence-corrected chi connectivity index (χ4v) is 0.980. The average Bonchev–Trinajstić information content (AvgIpc) is 2.06. The SMILES string of the molecule is [O-]c1ncnc2ccccc12. The summed E-state index contributed by atoms with van der Waals surface area (Å²) < 4.78 is 0. The maximum Gasteiger partial charge on any atom is 0.115 e. The van der Waals surface area contributed by atoms with E-state index in [0.717, 1.165) is 0 Å². The van der Waals surface area contributed by atoms with Crippen molar-refractivity contribution in [2.75, 3.05) is 0 Å². The van der Waals surface area contributed by atoms with Crippen LogP contribution in [0.4, 0.5) is 0 Å². The van der Waals surface area contributed by atoms with E-state index >= 15 is 0 Å². The van der Waals surface area contributed by atoms with Crippen molar-refractivity contribution in [3.63, 3.8) is 0 Å². The molecule has 11 heavy (non-hydrogen) atoms. The molecule has 0 saturated heterocycles. The van der Waals surface area contributed by atoms with Crippen LogP contribution in [0.3, 0.4) is 0 Å². The lowest BCUT2D eigenvalue weighted by molar-refractivity contribution is -0.272. The van der Waals surface area contributed by atoms with Crippen LogP contribution in [0, 0.1) is 0 Å². The van der Waals surface area contributed by atoms with E-state index in [9.17, 15) is 5.11 Å². The van der Waals surface area contributed by atoms with E-state index in [1.165, 1.54) is 6.33 Å². The minimum atomic E-state index is -0.212.